The van der Waals surface area contributed by atoms with Gasteiger partial charge in [-0.25, -0.2) is 4.98 Å². The van der Waals surface area contributed by atoms with Crippen molar-refractivity contribution >= 4 is 0 Å². The van der Waals surface area contributed by atoms with Gasteiger partial charge in [0.25, 0.3) is 0 Å². The molecule has 0 amide bonds. The minimum absolute atomic E-state index is 0.782. The lowest BCUT2D eigenvalue weighted by Gasteiger charge is -2.09. The molecule has 2 rings (SSSR count). The minimum Gasteiger partial charge on any atom is -0.496 e. The Bertz CT molecular complexity index is 505. The van der Waals surface area contributed by atoms with Crippen molar-refractivity contribution < 1.29 is 4.74 Å². The molecule has 0 saturated heterocycles. The SMILES string of the molecule is CNCc1c(-c2ccccc2OC)ncn1C. The van der Waals surface area contributed by atoms with Crippen molar-refractivity contribution in [3.05, 3.63) is 36.3 Å². The van der Waals surface area contributed by atoms with Gasteiger partial charge in [-0.05, 0) is 19.2 Å². The molecule has 4 nitrogen and oxygen atoms in total. The van der Waals surface area contributed by atoms with Crippen LogP contribution in [0.3, 0.4) is 0 Å². The summed E-state index contributed by atoms with van der Waals surface area (Å²) >= 11 is 0. The number of nitrogens with zero attached hydrogens (tertiary/aromatic N) is 2. The van der Waals surface area contributed by atoms with Crippen molar-refractivity contribution in [1.82, 2.24) is 14.9 Å². The number of rotatable bonds is 4. The Balaban J connectivity index is 2.52. The second-order valence-electron chi connectivity index (χ2n) is 3.88. The van der Waals surface area contributed by atoms with Gasteiger partial charge in [-0.1, -0.05) is 12.1 Å². The zero-order chi connectivity index (χ0) is 12.3. The van der Waals surface area contributed by atoms with Gasteiger partial charge in [0.2, 0.25) is 0 Å². The minimum atomic E-state index is 0.782. The van der Waals surface area contributed by atoms with E-state index < -0.39 is 0 Å². The first-order chi connectivity index (χ1) is 8.27. The number of methoxy groups -OCH3 is 1. The van der Waals surface area contributed by atoms with Crippen molar-refractivity contribution in [3.63, 3.8) is 0 Å². The standard InChI is InChI=1S/C13H17N3O/c1-14-8-11-13(15-9-16(11)2)10-6-4-5-7-12(10)17-3/h4-7,9,14H,8H2,1-3H3. The van der Waals surface area contributed by atoms with E-state index in [0.717, 1.165) is 29.2 Å². The first-order valence-corrected chi connectivity index (χ1v) is 5.56. The Morgan fingerprint density at radius 1 is 1.35 bits per heavy atom. The van der Waals surface area contributed by atoms with Crippen LogP contribution in [0.2, 0.25) is 0 Å². The second-order valence-corrected chi connectivity index (χ2v) is 3.88. The first kappa shape index (κ1) is 11.7. The van der Waals surface area contributed by atoms with E-state index in [-0.39, 0.29) is 0 Å². The van der Waals surface area contributed by atoms with Crippen LogP contribution in [0.15, 0.2) is 30.6 Å². The smallest absolute Gasteiger partial charge is 0.128 e. The summed E-state index contributed by atoms with van der Waals surface area (Å²) in [6.45, 7) is 0.782. The Hall–Kier alpha value is -1.81. The summed E-state index contributed by atoms with van der Waals surface area (Å²) in [7, 11) is 5.61. The molecule has 1 heterocycles. The summed E-state index contributed by atoms with van der Waals surface area (Å²) in [5.41, 5.74) is 3.15. The summed E-state index contributed by atoms with van der Waals surface area (Å²) in [5.74, 6) is 0.851. The number of imidazole rings is 1. The molecule has 1 aromatic carbocycles. The van der Waals surface area contributed by atoms with Crippen LogP contribution in [-0.2, 0) is 13.6 Å². The number of ether oxygens (including phenoxy) is 1. The molecule has 2 aromatic rings. The molecule has 0 saturated carbocycles. The summed E-state index contributed by atoms with van der Waals surface area (Å²) in [6, 6.07) is 7.94. The fraction of sp³-hybridized carbons (Fsp3) is 0.308. The van der Waals surface area contributed by atoms with E-state index in [2.05, 4.69) is 10.3 Å². The van der Waals surface area contributed by atoms with Gasteiger partial charge < -0.3 is 14.6 Å². The van der Waals surface area contributed by atoms with Crippen LogP contribution in [0.4, 0.5) is 0 Å². The Morgan fingerprint density at radius 2 is 2.12 bits per heavy atom. The average Bonchev–Trinajstić information content (AvgIpc) is 2.72. The molecule has 1 aromatic heterocycles. The molecule has 0 aliphatic rings. The maximum atomic E-state index is 5.37. The van der Waals surface area contributed by atoms with E-state index in [1.807, 2.05) is 49.3 Å². The number of benzene rings is 1. The van der Waals surface area contributed by atoms with Gasteiger partial charge in [-0.2, -0.15) is 0 Å². The topological polar surface area (TPSA) is 39.1 Å². The monoisotopic (exact) mass is 231 g/mol. The lowest BCUT2D eigenvalue weighted by atomic mass is 10.1. The van der Waals surface area contributed by atoms with E-state index in [0.29, 0.717) is 0 Å². The van der Waals surface area contributed by atoms with Gasteiger partial charge >= 0.3 is 0 Å². The number of nitrogens with one attached hydrogen (secondary N) is 1. The van der Waals surface area contributed by atoms with Gasteiger partial charge in [0.05, 0.1) is 24.8 Å². The quantitative estimate of drug-likeness (QED) is 0.872. The Labute approximate surface area is 101 Å². The molecule has 0 radical (unpaired) electrons. The number of aromatic nitrogens is 2. The Morgan fingerprint density at radius 3 is 2.82 bits per heavy atom. The van der Waals surface area contributed by atoms with Gasteiger partial charge in [-0.3, -0.25) is 0 Å². The normalized spacial score (nSPS) is 10.5. The molecule has 0 spiro atoms. The van der Waals surface area contributed by atoms with Crippen molar-refractivity contribution in [3.8, 4) is 17.0 Å². The maximum absolute atomic E-state index is 5.37. The van der Waals surface area contributed by atoms with Crippen LogP contribution in [-0.4, -0.2) is 23.7 Å². The molecule has 90 valence electrons. The highest BCUT2D eigenvalue weighted by Crippen LogP contribution is 2.30. The number of aryl methyl sites for hydroxylation is 1. The highest BCUT2D eigenvalue weighted by molar-refractivity contribution is 5.69. The van der Waals surface area contributed by atoms with Crippen LogP contribution in [0.5, 0.6) is 5.75 Å². The highest BCUT2D eigenvalue weighted by Gasteiger charge is 2.13. The molecule has 0 aliphatic heterocycles. The van der Waals surface area contributed by atoms with Gasteiger partial charge in [0.15, 0.2) is 0 Å². The molecule has 0 unspecified atom stereocenters. The zero-order valence-electron chi connectivity index (χ0n) is 10.4. The van der Waals surface area contributed by atoms with Crippen molar-refractivity contribution in [2.75, 3.05) is 14.2 Å². The van der Waals surface area contributed by atoms with Crippen LogP contribution >= 0.6 is 0 Å². The molecule has 1 N–H and O–H groups in total. The van der Waals surface area contributed by atoms with Gasteiger partial charge in [-0.15, -0.1) is 0 Å². The van der Waals surface area contributed by atoms with Gasteiger partial charge in [0, 0.05) is 19.2 Å². The summed E-state index contributed by atoms with van der Waals surface area (Å²) in [4.78, 5) is 4.46. The van der Waals surface area contributed by atoms with E-state index in [1.165, 1.54) is 0 Å². The predicted molar refractivity (Wildman–Crippen MR) is 68.0 cm³/mol. The molecule has 17 heavy (non-hydrogen) atoms. The molecule has 4 heteroatoms. The fourth-order valence-corrected chi connectivity index (χ4v) is 1.90. The summed E-state index contributed by atoms with van der Waals surface area (Å²) in [6.07, 6.45) is 1.83. The third-order valence-electron chi connectivity index (χ3n) is 2.77. The van der Waals surface area contributed by atoms with Crippen molar-refractivity contribution in [1.29, 1.82) is 0 Å². The fourth-order valence-electron chi connectivity index (χ4n) is 1.90. The third kappa shape index (κ3) is 2.17. The van der Waals surface area contributed by atoms with Crippen LogP contribution in [0.1, 0.15) is 5.69 Å². The number of para-hydroxylation sites is 1. The number of hydrogen-bond acceptors (Lipinski definition) is 3. The zero-order valence-corrected chi connectivity index (χ0v) is 10.4. The molecule has 0 fully saturated rings. The molecule has 0 atom stereocenters. The third-order valence-corrected chi connectivity index (χ3v) is 2.77. The largest absolute Gasteiger partial charge is 0.496 e. The van der Waals surface area contributed by atoms with Crippen molar-refractivity contribution in [2.24, 2.45) is 7.05 Å². The lowest BCUT2D eigenvalue weighted by Crippen LogP contribution is -2.10. The van der Waals surface area contributed by atoms with E-state index in [9.17, 15) is 0 Å². The van der Waals surface area contributed by atoms with E-state index in [4.69, 9.17) is 4.74 Å². The van der Waals surface area contributed by atoms with E-state index in [1.54, 1.807) is 7.11 Å². The van der Waals surface area contributed by atoms with Gasteiger partial charge in [0.1, 0.15) is 5.75 Å². The van der Waals surface area contributed by atoms with Crippen LogP contribution in [0, 0.1) is 0 Å². The van der Waals surface area contributed by atoms with E-state index >= 15 is 0 Å². The van der Waals surface area contributed by atoms with Crippen LogP contribution < -0.4 is 10.1 Å². The van der Waals surface area contributed by atoms with Crippen LogP contribution in [0.25, 0.3) is 11.3 Å². The lowest BCUT2D eigenvalue weighted by molar-refractivity contribution is 0.416. The summed E-state index contributed by atoms with van der Waals surface area (Å²) < 4.78 is 7.40. The highest BCUT2D eigenvalue weighted by atomic mass is 16.5. The summed E-state index contributed by atoms with van der Waals surface area (Å²) in [5, 5.41) is 3.16. The Kier molecular flexibility index (Phi) is 3.44. The van der Waals surface area contributed by atoms with Crippen molar-refractivity contribution in [2.45, 2.75) is 6.54 Å². The molecular formula is C13H17N3O. The second kappa shape index (κ2) is 5.01. The average molecular weight is 231 g/mol. The molecule has 0 aliphatic carbocycles. The number of hydrogen-bond donors (Lipinski definition) is 1. The predicted octanol–water partition coefficient (Wildman–Crippen LogP) is 1.82. The molecule has 0 bridgehead atoms. The first-order valence-electron chi connectivity index (χ1n) is 5.56. The molecular weight excluding hydrogens is 214 g/mol. The maximum Gasteiger partial charge on any atom is 0.128 e.